The first-order chi connectivity index (χ1) is 25.6. The van der Waals surface area contributed by atoms with Gasteiger partial charge in [-0.25, -0.2) is 19.6 Å². The number of methoxy groups -OCH3 is 4. The molecule has 4 aromatic heterocycles. The first-order valence-electron chi connectivity index (χ1n) is 16.0. The van der Waals surface area contributed by atoms with Crippen molar-refractivity contribution in [3.63, 3.8) is 0 Å². The molecule has 0 aliphatic heterocycles. The average molecular weight is 748 g/mol. The fourth-order valence-corrected chi connectivity index (χ4v) is 7.41. The van der Waals surface area contributed by atoms with E-state index in [4.69, 9.17) is 24.7 Å². The van der Waals surface area contributed by atoms with Crippen molar-refractivity contribution in [2.24, 2.45) is 0 Å². The minimum absolute atomic E-state index is 0.0964. The second-order valence-corrected chi connectivity index (χ2v) is 13.7. The lowest BCUT2D eigenvalue weighted by molar-refractivity contribution is 0.0592. The number of pyridine rings is 2. The van der Waals surface area contributed by atoms with Gasteiger partial charge in [-0.3, -0.25) is 14.8 Å². The number of rotatable bonds is 9. The van der Waals surface area contributed by atoms with Crippen molar-refractivity contribution < 1.29 is 33.3 Å². The molecule has 0 radical (unpaired) electrons. The van der Waals surface area contributed by atoms with Crippen LogP contribution >= 0.6 is 22.7 Å². The van der Waals surface area contributed by atoms with E-state index in [9.17, 15) is 14.4 Å². The molecule has 0 aliphatic rings. The van der Waals surface area contributed by atoms with Crippen LogP contribution in [0.2, 0.25) is 0 Å². The number of esters is 2. The molecular formula is C39H33N5O7S2. The number of anilines is 1. The summed E-state index contributed by atoms with van der Waals surface area (Å²) >= 11 is 2.98. The maximum absolute atomic E-state index is 13.1. The third-order valence-corrected chi connectivity index (χ3v) is 10.1. The van der Waals surface area contributed by atoms with Crippen molar-refractivity contribution in [2.45, 2.75) is 13.3 Å². The van der Waals surface area contributed by atoms with Crippen LogP contribution in [0.1, 0.15) is 42.2 Å². The van der Waals surface area contributed by atoms with Crippen molar-refractivity contribution in [3.8, 4) is 32.6 Å². The summed E-state index contributed by atoms with van der Waals surface area (Å²) in [4.78, 5) is 54.4. The molecule has 268 valence electrons. The Morgan fingerprint density at radius 1 is 0.679 bits per heavy atom. The smallest absolute Gasteiger partial charge is 0.337 e. The molecule has 7 rings (SSSR count). The fraction of sp³-hybridized carbons (Fsp3) is 0.154. The number of carbonyl (C=O) groups excluding carboxylic acids is 3. The number of carbonyl (C=O) groups is 3. The Balaban J connectivity index is 0.000000204. The highest BCUT2D eigenvalue weighted by atomic mass is 32.1. The van der Waals surface area contributed by atoms with E-state index in [2.05, 4.69) is 19.9 Å². The van der Waals surface area contributed by atoms with Crippen LogP contribution in [0.25, 0.3) is 41.6 Å². The van der Waals surface area contributed by atoms with Crippen LogP contribution in [-0.2, 0) is 15.9 Å². The van der Waals surface area contributed by atoms with Crippen LogP contribution in [0.4, 0.5) is 5.69 Å². The topological polar surface area (TPSA) is 166 Å². The fourth-order valence-electron chi connectivity index (χ4n) is 5.57. The SMILES string of the molecule is COC(=O)c1cc(CC(=O)c2cc(C)c(OC)c(OC)c2)cc(-c2nc3ccncc3s2)c1.COC(=O)c1cc(N)cc(-c2nc3ccncc3s2)c1. The average Bonchev–Trinajstić information content (AvgIpc) is 3.82. The molecule has 14 heteroatoms. The number of thiazole rings is 2. The summed E-state index contributed by atoms with van der Waals surface area (Å²) in [6.45, 7) is 1.86. The van der Waals surface area contributed by atoms with Crippen molar-refractivity contribution in [2.75, 3.05) is 34.2 Å². The molecule has 53 heavy (non-hydrogen) atoms. The van der Waals surface area contributed by atoms with Gasteiger partial charge in [-0.05, 0) is 78.7 Å². The minimum atomic E-state index is -0.477. The van der Waals surface area contributed by atoms with E-state index in [1.165, 1.54) is 44.0 Å². The molecule has 4 heterocycles. The first-order valence-corrected chi connectivity index (χ1v) is 17.6. The lowest BCUT2D eigenvalue weighted by Crippen LogP contribution is -2.08. The highest BCUT2D eigenvalue weighted by Gasteiger charge is 2.18. The zero-order valence-electron chi connectivity index (χ0n) is 29.3. The van der Waals surface area contributed by atoms with Gasteiger partial charge >= 0.3 is 11.9 Å². The number of fused-ring (bicyclic) bond motifs is 2. The van der Waals surface area contributed by atoms with Gasteiger partial charge in [-0.2, -0.15) is 0 Å². The van der Waals surface area contributed by atoms with Crippen LogP contribution < -0.4 is 15.2 Å². The van der Waals surface area contributed by atoms with E-state index in [0.717, 1.165) is 47.1 Å². The Morgan fingerprint density at radius 2 is 1.25 bits per heavy atom. The number of aryl methyl sites for hydroxylation is 1. The standard InChI is InChI=1S/C25H22N2O5S.C14H11N3O2S/c1-14-7-16(12-21(30-2)23(14)31-3)20(28)10-15-8-17(11-18(9-15)25(29)32-4)24-27-19-5-6-26-13-22(19)33-24;1-19-14(18)9-4-8(5-10(15)6-9)13-17-11-2-3-16-7-12(11)20-13/h5-9,11-13H,10H2,1-4H3;2-7H,15H2,1H3. The molecule has 7 aromatic rings. The third kappa shape index (κ3) is 8.14. The van der Waals surface area contributed by atoms with E-state index >= 15 is 0 Å². The number of ether oxygens (including phenoxy) is 4. The molecule has 12 nitrogen and oxygen atoms in total. The predicted octanol–water partition coefficient (Wildman–Crippen LogP) is 7.62. The second kappa shape index (κ2) is 16.0. The Morgan fingerprint density at radius 3 is 1.77 bits per heavy atom. The molecule has 0 unspecified atom stereocenters. The number of hydrogen-bond donors (Lipinski definition) is 1. The van der Waals surface area contributed by atoms with Gasteiger partial charge < -0.3 is 24.7 Å². The molecule has 3 aromatic carbocycles. The number of aromatic nitrogens is 4. The zero-order valence-corrected chi connectivity index (χ0v) is 31.0. The molecule has 0 fully saturated rings. The highest BCUT2D eigenvalue weighted by Crippen LogP contribution is 2.34. The van der Waals surface area contributed by atoms with E-state index in [-0.39, 0.29) is 12.2 Å². The molecule has 0 spiro atoms. The molecule has 0 amide bonds. The van der Waals surface area contributed by atoms with Crippen LogP contribution in [0.5, 0.6) is 11.5 Å². The summed E-state index contributed by atoms with van der Waals surface area (Å²) in [5.74, 6) is 0.0828. The molecule has 2 N–H and O–H groups in total. The predicted molar refractivity (Wildman–Crippen MR) is 205 cm³/mol. The molecule has 0 bridgehead atoms. The Labute approximate surface area is 312 Å². The largest absolute Gasteiger partial charge is 0.493 e. The molecule has 0 saturated carbocycles. The normalized spacial score (nSPS) is 10.7. The van der Waals surface area contributed by atoms with Gasteiger partial charge in [-0.15, -0.1) is 22.7 Å². The van der Waals surface area contributed by atoms with E-state index in [1.54, 1.807) is 74.4 Å². The summed E-state index contributed by atoms with van der Waals surface area (Å²) in [5.41, 5.74) is 12.3. The number of benzene rings is 3. The van der Waals surface area contributed by atoms with Gasteiger partial charge in [-0.1, -0.05) is 0 Å². The van der Waals surface area contributed by atoms with Crippen molar-refractivity contribution in [3.05, 3.63) is 113 Å². The first kappa shape index (κ1) is 36.5. The van der Waals surface area contributed by atoms with Crippen LogP contribution in [-0.4, -0.2) is 66.1 Å². The molecule has 0 aliphatic carbocycles. The van der Waals surface area contributed by atoms with Gasteiger partial charge in [0.05, 0.1) is 60.0 Å². The second-order valence-electron chi connectivity index (χ2n) is 11.6. The van der Waals surface area contributed by atoms with E-state index in [1.807, 2.05) is 25.1 Å². The summed E-state index contributed by atoms with van der Waals surface area (Å²) in [6.07, 6.45) is 7.00. The Hall–Kier alpha value is -6.25. The van der Waals surface area contributed by atoms with Crippen molar-refractivity contribution >= 4 is 66.5 Å². The number of hydrogen-bond acceptors (Lipinski definition) is 14. The van der Waals surface area contributed by atoms with Gasteiger partial charge in [0.15, 0.2) is 17.3 Å². The Bertz CT molecular complexity index is 2430. The quantitative estimate of drug-likeness (QED) is 0.0873. The van der Waals surface area contributed by atoms with Crippen molar-refractivity contribution in [1.29, 1.82) is 0 Å². The lowest BCUT2D eigenvalue weighted by atomic mass is 9.97. The van der Waals surface area contributed by atoms with Crippen LogP contribution in [0.3, 0.4) is 0 Å². The Kier molecular flexibility index (Phi) is 11.0. The maximum Gasteiger partial charge on any atom is 0.337 e. The number of nitrogen functional groups attached to an aromatic ring is 1. The summed E-state index contributed by atoms with van der Waals surface area (Å²) in [7, 11) is 5.76. The molecular weight excluding hydrogens is 715 g/mol. The monoisotopic (exact) mass is 747 g/mol. The summed E-state index contributed by atoms with van der Waals surface area (Å²) in [5, 5.41) is 1.53. The third-order valence-electron chi connectivity index (χ3n) is 8.02. The summed E-state index contributed by atoms with van der Waals surface area (Å²) in [6, 6.07) is 17.5. The zero-order chi connectivity index (χ0) is 37.6. The lowest BCUT2D eigenvalue weighted by Gasteiger charge is -2.13. The highest BCUT2D eigenvalue weighted by molar-refractivity contribution is 7.22. The molecule has 0 saturated heterocycles. The van der Waals surface area contributed by atoms with Gasteiger partial charge in [0, 0.05) is 53.6 Å². The van der Waals surface area contributed by atoms with Crippen molar-refractivity contribution in [1.82, 2.24) is 19.9 Å². The van der Waals surface area contributed by atoms with Gasteiger partial charge in [0.25, 0.3) is 0 Å². The van der Waals surface area contributed by atoms with Gasteiger partial charge in [0.1, 0.15) is 10.0 Å². The number of Topliss-reactive ketones (excluding diaryl/α,β-unsaturated/α-hetero) is 1. The van der Waals surface area contributed by atoms with E-state index in [0.29, 0.717) is 39.4 Å². The number of ketones is 1. The van der Waals surface area contributed by atoms with Crippen LogP contribution in [0, 0.1) is 6.92 Å². The maximum atomic E-state index is 13.1. The summed E-state index contributed by atoms with van der Waals surface area (Å²) < 4.78 is 22.3. The molecule has 0 atom stereocenters. The number of nitrogens with two attached hydrogens (primary N) is 1. The minimum Gasteiger partial charge on any atom is -0.493 e. The van der Waals surface area contributed by atoms with Gasteiger partial charge in [0.2, 0.25) is 0 Å². The number of nitrogens with zero attached hydrogens (tertiary/aromatic N) is 4. The van der Waals surface area contributed by atoms with E-state index < -0.39 is 11.9 Å². The van der Waals surface area contributed by atoms with Crippen LogP contribution in [0.15, 0.2) is 85.5 Å².